The number of carbonyl (C=O) groups is 1. The van der Waals surface area contributed by atoms with Crippen LogP contribution in [0, 0.1) is 13.8 Å². The average molecular weight is 409 g/mol. The van der Waals surface area contributed by atoms with E-state index in [0.717, 1.165) is 21.0 Å². The summed E-state index contributed by atoms with van der Waals surface area (Å²) in [6.07, 6.45) is 0.982. The van der Waals surface area contributed by atoms with E-state index in [1.165, 1.54) is 5.56 Å². The monoisotopic (exact) mass is 408 g/mol. The minimum absolute atomic E-state index is 0.245. The van der Waals surface area contributed by atoms with Gasteiger partial charge in [0.05, 0.1) is 22.5 Å². The summed E-state index contributed by atoms with van der Waals surface area (Å²) in [5.41, 5.74) is 2.89. The number of carbonyl (C=O) groups excluding carboxylic acids is 1. The molecule has 3 rings (SSSR count). The van der Waals surface area contributed by atoms with Gasteiger partial charge in [0.2, 0.25) is 5.88 Å². The van der Waals surface area contributed by atoms with Gasteiger partial charge in [-0.3, -0.25) is 4.79 Å². The molecule has 0 aliphatic carbocycles. The molecule has 0 aliphatic rings. The molecule has 0 aliphatic heterocycles. The Morgan fingerprint density at radius 2 is 1.69 bits per heavy atom. The molecule has 152 valence electrons. The Kier molecular flexibility index (Phi) is 6.48. The standard InChI is InChI=1S/C24H28N2O2S/c1-17-11-14-20(15-12-17)29-22-18(2)25-26(24(3,4)5)23(22)28-21(27)16-13-19-9-7-6-8-10-19/h6-12,14-15H,13,16H2,1-5H3. The van der Waals surface area contributed by atoms with Crippen LogP contribution in [0.25, 0.3) is 0 Å². The summed E-state index contributed by atoms with van der Waals surface area (Å²) in [5.74, 6) is 0.281. The molecule has 4 nitrogen and oxygen atoms in total. The first-order valence-corrected chi connectivity index (χ1v) is 10.6. The molecule has 0 N–H and O–H groups in total. The highest BCUT2D eigenvalue weighted by Gasteiger charge is 2.27. The molecule has 0 spiro atoms. The summed E-state index contributed by atoms with van der Waals surface area (Å²) in [7, 11) is 0. The van der Waals surface area contributed by atoms with Crippen LogP contribution in [0.3, 0.4) is 0 Å². The zero-order valence-corrected chi connectivity index (χ0v) is 18.5. The van der Waals surface area contributed by atoms with E-state index in [1.54, 1.807) is 11.8 Å². The summed E-state index contributed by atoms with van der Waals surface area (Å²) >= 11 is 1.58. The molecule has 0 radical (unpaired) electrons. The molecule has 2 aromatic carbocycles. The Morgan fingerprint density at radius 3 is 2.31 bits per heavy atom. The molecule has 0 unspecified atom stereocenters. The van der Waals surface area contributed by atoms with E-state index in [-0.39, 0.29) is 11.5 Å². The Labute approximate surface area is 177 Å². The summed E-state index contributed by atoms with van der Waals surface area (Å²) in [6, 6.07) is 18.3. The third kappa shape index (κ3) is 5.51. The molecule has 0 saturated heterocycles. The van der Waals surface area contributed by atoms with E-state index in [0.29, 0.717) is 18.7 Å². The number of benzene rings is 2. The predicted octanol–water partition coefficient (Wildman–Crippen LogP) is 5.94. The van der Waals surface area contributed by atoms with Crippen LogP contribution in [0.15, 0.2) is 64.4 Å². The van der Waals surface area contributed by atoms with Gasteiger partial charge in [-0.25, -0.2) is 4.68 Å². The smallest absolute Gasteiger partial charge is 0.312 e. The highest BCUT2D eigenvalue weighted by molar-refractivity contribution is 7.99. The fourth-order valence-corrected chi connectivity index (χ4v) is 3.84. The zero-order valence-electron chi connectivity index (χ0n) is 17.7. The summed E-state index contributed by atoms with van der Waals surface area (Å²) < 4.78 is 7.70. The maximum Gasteiger partial charge on any atom is 0.312 e. The predicted molar refractivity (Wildman–Crippen MR) is 118 cm³/mol. The lowest BCUT2D eigenvalue weighted by molar-refractivity contribution is -0.135. The van der Waals surface area contributed by atoms with Crippen LogP contribution in [-0.2, 0) is 16.8 Å². The van der Waals surface area contributed by atoms with Crippen molar-refractivity contribution in [1.82, 2.24) is 9.78 Å². The third-order valence-electron chi connectivity index (χ3n) is 4.51. The average Bonchev–Trinajstić information content (AvgIpc) is 2.99. The zero-order chi connectivity index (χ0) is 21.0. The lowest BCUT2D eigenvalue weighted by atomic mass is 10.1. The Hall–Kier alpha value is -2.53. The molecular formula is C24H28N2O2S. The van der Waals surface area contributed by atoms with Gasteiger partial charge in [-0.05, 0) is 58.7 Å². The van der Waals surface area contributed by atoms with Crippen LogP contribution in [0.1, 0.15) is 44.0 Å². The van der Waals surface area contributed by atoms with E-state index >= 15 is 0 Å². The van der Waals surface area contributed by atoms with E-state index in [2.05, 4.69) is 57.1 Å². The molecule has 0 fully saturated rings. The van der Waals surface area contributed by atoms with Crippen molar-refractivity contribution >= 4 is 17.7 Å². The van der Waals surface area contributed by atoms with Gasteiger partial charge in [-0.1, -0.05) is 59.8 Å². The molecule has 1 heterocycles. The Morgan fingerprint density at radius 1 is 1.03 bits per heavy atom. The maximum absolute atomic E-state index is 12.7. The van der Waals surface area contributed by atoms with Crippen LogP contribution < -0.4 is 4.74 Å². The molecule has 0 amide bonds. The summed E-state index contributed by atoms with van der Waals surface area (Å²) in [6.45, 7) is 10.2. The van der Waals surface area contributed by atoms with Crippen molar-refractivity contribution < 1.29 is 9.53 Å². The highest BCUT2D eigenvalue weighted by atomic mass is 32.2. The number of hydrogen-bond donors (Lipinski definition) is 0. The third-order valence-corrected chi connectivity index (χ3v) is 5.69. The lowest BCUT2D eigenvalue weighted by Gasteiger charge is -2.22. The van der Waals surface area contributed by atoms with Crippen molar-refractivity contribution in [2.45, 2.75) is 62.8 Å². The molecule has 0 bridgehead atoms. The first-order valence-electron chi connectivity index (χ1n) is 9.83. The van der Waals surface area contributed by atoms with Crippen LogP contribution in [0.5, 0.6) is 5.88 Å². The minimum Gasteiger partial charge on any atom is -0.406 e. The van der Waals surface area contributed by atoms with Crippen molar-refractivity contribution in [1.29, 1.82) is 0 Å². The van der Waals surface area contributed by atoms with Crippen molar-refractivity contribution in [3.05, 3.63) is 71.4 Å². The number of ether oxygens (including phenoxy) is 1. The quantitative estimate of drug-likeness (QED) is 0.473. The van der Waals surface area contributed by atoms with E-state index < -0.39 is 0 Å². The molecule has 3 aromatic rings. The van der Waals surface area contributed by atoms with Crippen molar-refractivity contribution in [3.8, 4) is 5.88 Å². The second-order valence-electron chi connectivity index (χ2n) is 8.18. The fraction of sp³-hybridized carbons (Fsp3) is 0.333. The topological polar surface area (TPSA) is 44.1 Å². The first kappa shape index (κ1) is 21.2. The van der Waals surface area contributed by atoms with E-state index in [1.807, 2.05) is 41.9 Å². The highest BCUT2D eigenvalue weighted by Crippen LogP contribution is 2.40. The van der Waals surface area contributed by atoms with Gasteiger partial charge in [0.25, 0.3) is 0 Å². The number of hydrogen-bond acceptors (Lipinski definition) is 4. The summed E-state index contributed by atoms with van der Waals surface area (Å²) in [5, 5.41) is 4.69. The molecule has 5 heteroatoms. The molecule has 29 heavy (non-hydrogen) atoms. The number of nitrogens with zero attached hydrogens (tertiary/aromatic N) is 2. The Balaban J connectivity index is 1.84. The van der Waals surface area contributed by atoms with Gasteiger partial charge in [-0.2, -0.15) is 5.10 Å². The van der Waals surface area contributed by atoms with E-state index in [9.17, 15) is 4.79 Å². The van der Waals surface area contributed by atoms with Gasteiger partial charge >= 0.3 is 5.97 Å². The first-order chi connectivity index (χ1) is 13.7. The number of rotatable bonds is 6. The lowest BCUT2D eigenvalue weighted by Crippen LogP contribution is -2.25. The van der Waals surface area contributed by atoms with E-state index in [4.69, 9.17) is 4.74 Å². The molecule has 1 aromatic heterocycles. The normalized spacial score (nSPS) is 11.5. The second kappa shape index (κ2) is 8.87. The maximum atomic E-state index is 12.7. The van der Waals surface area contributed by atoms with Crippen LogP contribution in [-0.4, -0.2) is 15.7 Å². The van der Waals surface area contributed by atoms with Gasteiger partial charge in [-0.15, -0.1) is 0 Å². The minimum atomic E-state index is -0.300. The fourth-order valence-electron chi connectivity index (χ4n) is 2.93. The van der Waals surface area contributed by atoms with Crippen LogP contribution in [0.4, 0.5) is 0 Å². The molecular weight excluding hydrogens is 380 g/mol. The number of esters is 1. The SMILES string of the molecule is Cc1ccc(Sc2c(C)nn(C(C)(C)C)c2OC(=O)CCc2ccccc2)cc1. The van der Waals surface area contributed by atoms with Gasteiger partial charge in [0.1, 0.15) is 0 Å². The van der Waals surface area contributed by atoms with Crippen molar-refractivity contribution in [2.24, 2.45) is 0 Å². The summed E-state index contributed by atoms with van der Waals surface area (Å²) in [4.78, 5) is 14.6. The van der Waals surface area contributed by atoms with Gasteiger partial charge in [0.15, 0.2) is 0 Å². The Bertz CT molecular complexity index is 971. The van der Waals surface area contributed by atoms with Gasteiger partial charge in [0, 0.05) is 4.90 Å². The number of aromatic nitrogens is 2. The molecule has 0 atom stereocenters. The number of aryl methyl sites for hydroxylation is 3. The van der Waals surface area contributed by atoms with Crippen molar-refractivity contribution in [3.63, 3.8) is 0 Å². The van der Waals surface area contributed by atoms with Crippen LogP contribution in [0.2, 0.25) is 0 Å². The largest absolute Gasteiger partial charge is 0.406 e. The van der Waals surface area contributed by atoms with Gasteiger partial charge < -0.3 is 4.74 Å². The van der Waals surface area contributed by atoms with Crippen LogP contribution >= 0.6 is 11.8 Å². The molecule has 0 saturated carbocycles. The van der Waals surface area contributed by atoms with Crippen molar-refractivity contribution in [2.75, 3.05) is 0 Å². The second-order valence-corrected chi connectivity index (χ2v) is 9.26.